The first-order valence-electron chi connectivity index (χ1n) is 14.4. The van der Waals surface area contributed by atoms with Crippen LogP contribution in [0.15, 0.2) is 65.2 Å². The molecule has 3 fully saturated rings. The van der Waals surface area contributed by atoms with E-state index < -0.39 is 10.8 Å². The van der Waals surface area contributed by atoms with Crippen LogP contribution in [0.3, 0.4) is 0 Å². The van der Waals surface area contributed by atoms with E-state index in [-0.39, 0.29) is 11.2 Å². The summed E-state index contributed by atoms with van der Waals surface area (Å²) in [6, 6.07) is 14.2. The van der Waals surface area contributed by atoms with Crippen LogP contribution >= 0.6 is 10.8 Å². The third-order valence-electron chi connectivity index (χ3n) is 9.00. The predicted molar refractivity (Wildman–Crippen MR) is 156 cm³/mol. The average Bonchev–Trinajstić information content (AvgIpc) is 3.45. The van der Waals surface area contributed by atoms with Crippen molar-refractivity contribution in [3.8, 4) is 5.69 Å². The first kappa shape index (κ1) is 26.2. The Kier molecular flexibility index (Phi) is 6.75. The zero-order valence-electron chi connectivity index (χ0n) is 22.7. The van der Waals surface area contributed by atoms with Crippen LogP contribution in [0.2, 0.25) is 0 Å². The first-order chi connectivity index (χ1) is 19.4. The van der Waals surface area contributed by atoms with Gasteiger partial charge in [0.25, 0.3) is 0 Å². The molecule has 2 aliphatic carbocycles. The number of anilines is 1. The molecule has 40 heavy (non-hydrogen) atoms. The summed E-state index contributed by atoms with van der Waals surface area (Å²) in [6.45, 7) is 4.45. The molecular weight excluding hydrogens is 527 g/mol. The van der Waals surface area contributed by atoms with Gasteiger partial charge in [0.2, 0.25) is 0 Å². The fraction of sp³-hybridized carbons (Fsp3) is 0.452. The summed E-state index contributed by atoms with van der Waals surface area (Å²) in [4.78, 5) is 2.92. The number of piperidine rings is 1. The van der Waals surface area contributed by atoms with Crippen molar-refractivity contribution in [2.45, 2.75) is 43.4 Å². The number of nitrogens with zero attached hydrogens (tertiary/aromatic N) is 4. The molecule has 7 rings (SSSR count). The number of benzene rings is 2. The standard InChI is InChI=1S/C31H37FN4O3S/c32-26-5-7-28(8-6-26)36-30-17-25-13-16-35(21-31(25,18-24(30)19-33-36)22-39-20-23-3-4-23)40(37,38)29-11-9-27(10-12-29)34-14-1-2-15-34/h5-12,17,19,23,37-38H,1-4,13-16,18,20-22H2/t31-/m1/s1. The third kappa shape index (κ3) is 4.88. The van der Waals surface area contributed by atoms with Gasteiger partial charge in [-0.3, -0.25) is 9.11 Å². The van der Waals surface area contributed by atoms with Crippen LogP contribution in [-0.4, -0.2) is 62.6 Å². The van der Waals surface area contributed by atoms with Crippen LogP contribution in [0.5, 0.6) is 0 Å². The SMILES string of the molecule is OS(O)(c1ccc(N2CCCC2)cc1)N1CCC2=Cc3c(cnn3-c3ccc(F)cc3)C[C@]2(COCC2CC2)C1. The molecule has 0 bridgehead atoms. The summed E-state index contributed by atoms with van der Waals surface area (Å²) >= 11 is 0. The van der Waals surface area contributed by atoms with E-state index in [0.717, 1.165) is 42.3 Å². The maximum absolute atomic E-state index is 13.6. The van der Waals surface area contributed by atoms with Crippen molar-refractivity contribution in [1.82, 2.24) is 14.1 Å². The van der Waals surface area contributed by atoms with Crippen LogP contribution < -0.4 is 4.90 Å². The van der Waals surface area contributed by atoms with E-state index in [9.17, 15) is 13.5 Å². The van der Waals surface area contributed by atoms with Crippen LogP contribution in [0.25, 0.3) is 11.8 Å². The fourth-order valence-electron chi connectivity index (χ4n) is 6.50. The molecule has 1 aromatic heterocycles. The Bertz CT molecular complexity index is 1400. The molecule has 1 atom stereocenters. The second kappa shape index (κ2) is 10.3. The minimum Gasteiger partial charge on any atom is -0.380 e. The molecule has 4 aliphatic rings. The number of hydrogen-bond donors (Lipinski definition) is 2. The largest absolute Gasteiger partial charge is 0.380 e. The zero-order chi connectivity index (χ0) is 27.3. The van der Waals surface area contributed by atoms with Crippen LogP contribution in [0, 0.1) is 17.2 Å². The van der Waals surface area contributed by atoms with Gasteiger partial charge in [-0.15, -0.1) is 10.8 Å². The smallest absolute Gasteiger partial charge is 0.123 e. The van der Waals surface area contributed by atoms with Gasteiger partial charge in [-0.2, -0.15) is 5.10 Å². The summed E-state index contributed by atoms with van der Waals surface area (Å²) in [7, 11) is -3.16. The Hall–Kier alpha value is -2.69. The summed E-state index contributed by atoms with van der Waals surface area (Å²) in [5, 5.41) is 4.66. The van der Waals surface area contributed by atoms with Crippen molar-refractivity contribution in [3.63, 3.8) is 0 Å². The molecule has 3 aromatic rings. The van der Waals surface area contributed by atoms with Gasteiger partial charge in [-0.05, 0) is 105 Å². The summed E-state index contributed by atoms with van der Waals surface area (Å²) in [5.41, 5.74) is 4.96. The lowest BCUT2D eigenvalue weighted by Crippen LogP contribution is -2.50. The number of ether oxygens (including phenoxy) is 1. The topological polar surface area (TPSA) is 74.0 Å². The minimum absolute atomic E-state index is 0.271. The molecule has 0 spiro atoms. The number of rotatable bonds is 8. The quantitative estimate of drug-likeness (QED) is 0.330. The van der Waals surface area contributed by atoms with Crippen molar-refractivity contribution in [2.24, 2.45) is 11.3 Å². The third-order valence-corrected chi connectivity index (χ3v) is 10.9. The van der Waals surface area contributed by atoms with E-state index in [1.807, 2.05) is 39.4 Å². The normalized spacial score (nSPS) is 23.6. The molecule has 7 nitrogen and oxygen atoms in total. The highest BCUT2D eigenvalue weighted by Crippen LogP contribution is 2.57. The Morgan fingerprint density at radius 1 is 0.975 bits per heavy atom. The monoisotopic (exact) mass is 564 g/mol. The maximum Gasteiger partial charge on any atom is 0.123 e. The van der Waals surface area contributed by atoms with Crippen molar-refractivity contribution in [2.75, 3.05) is 44.3 Å². The second-order valence-corrected chi connectivity index (χ2v) is 13.9. The second-order valence-electron chi connectivity index (χ2n) is 11.8. The number of fused-ring (bicyclic) bond motifs is 2. The molecule has 0 radical (unpaired) electrons. The molecule has 2 aliphatic heterocycles. The molecule has 3 heterocycles. The van der Waals surface area contributed by atoms with E-state index in [0.29, 0.717) is 43.4 Å². The van der Waals surface area contributed by atoms with E-state index in [2.05, 4.69) is 16.1 Å². The molecule has 9 heteroatoms. The summed E-state index contributed by atoms with van der Waals surface area (Å²) < 4.78 is 46.9. The van der Waals surface area contributed by atoms with Gasteiger partial charge in [0, 0.05) is 43.9 Å². The first-order valence-corrected chi connectivity index (χ1v) is 15.9. The highest BCUT2D eigenvalue weighted by Gasteiger charge is 2.46. The highest BCUT2D eigenvalue weighted by molar-refractivity contribution is 8.22. The Morgan fingerprint density at radius 3 is 2.42 bits per heavy atom. The molecule has 2 N–H and O–H groups in total. The van der Waals surface area contributed by atoms with Gasteiger partial charge in [-0.1, -0.05) is 5.57 Å². The number of aromatic nitrogens is 2. The lowest BCUT2D eigenvalue weighted by Gasteiger charge is -2.52. The lowest BCUT2D eigenvalue weighted by atomic mass is 9.69. The van der Waals surface area contributed by atoms with E-state index in [4.69, 9.17) is 4.74 Å². The zero-order valence-corrected chi connectivity index (χ0v) is 23.5. The van der Waals surface area contributed by atoms with E-state index in [1.165, 1.54) is 43.4 Å². The van der Waals surface area contributed by atoms with Crippen LogP contribution in [-0.2, 0) is 11.2 Å². The van der Waals surface area contributed by atoms with Crippen molar-refractivity contribution >= 4 is 22.5 Å². The van der Waals surface area contributed by atoms with E-state index >= 15 is 0 Å². The lowest BCUT2D eigenvalue weighted by molar-refractivity contribution is 0.0342. The molecule has 2 saturated heterocycles. The Balaban J connectivity index is 1.17. The Labute approximate surface area is 236 Å². The maximum atomic E-state index is 13.6. The van der Waals surface area contributed by atoms with Crippen molar-refractivity contribution in [3.05, 3.63) is 77.4 Å². The minimum atomic E-state index is -3.16. The van der Waals surface area contributed by atoms with Crippen molar-refractivity contribution in [1.29, 1.82) is 0 Å². The van der Waals surface area contributed by atoms with Crippen LogP contribution in [0.4, 0.5) is 10.1 Å². The van der Waals surface area contributed by atoms with Crippen LogP contribution in [0.1, 0.15) is 43.4 Å². The fourth-order valence-corrected chi connectivity index (χ4v) is 8.07. The summed E-state index contributed by atoms with van der Waals surface area (Å²) in [5.74, 6) is 0.380. The molecule has 0 unspecified atom stereocenters. The number of hydrogen-bond acceptors (Lipinski definition) is 6. The average molecular weight is 565 g/mol. The van der Waals surface area contributed by atoms with Gasteiger partial charge in [0.15, 0.2) is 0 Å². The van der Waals surface area contributed by atoms with E-state index in [1.54, 1.807) is 12.1 Å². The Morgan fingerprint density at radius 2 is 1.70 bits per heavy atom. The van der Waals surface area contributed by atoms with Gasteiger partial charge in [0.1, 0.15) is 5.82 Å². The predicted octanol–water partition coefficient (Wildman–Crippen LogP) is 6.39. The molecule has 0 amide bonds. The van der Waals surface area contributed by atoms with Gasteiger partial charge in [0.05, 0.1) is 29.1 Å². The van der Waals surface area contributed by atoms with Gasteiger partial charge in [-0.25, -0.2) is 13.4 Å². The number of halogens is 1. The molecular formula is C31H37FN4O3S. The molecule has 212 valence electrons. The summed E-state index contributed by atoms with van der Waals surface area (Å²) in [6.07, 6.45) is 10.4. The highest BCUT2D eigenvalue weighted by atomic mass is 32.3. The molecule has 1 saturated carbocycles. The molecule has 2 aromatic carbocycles. The van der Waals surface area contributed by atoms with Gasteiger partial charge < -0.3 is 9.64 Å². The van der Waals surface area contributed by atoms with Crippen molar-refractivity contribution < 1.29 is 18.2 Å². The van der Waals surface area contributed by atoms with Gasteiger partial charge >= 0.3 is 0 Å².